The van der Waals surface area contributed by atoms with Crippen molar-refractivity contribution in [2.24, 2.45) is 0 Å². The predicted octanol–water partition coefficient (Wildman–Crippen LogP) is 2.69. The summed E-state index contributed by atoms with van der Waals surface area (Å²) in [5.41, 5.74) is 0.723. The zero-order valence-corrected chi connectivity index (χ0v) is 15.1. The van der Waals surface area contributed by atoms with Gasteiger partial charge in [-0.2, -0.15) is 18.3 Å². The molecule has 1 fully saturated rings. The number of aromatic nitrogens is 3. The number of likely N-dealkylation sites (N-methyl/N-ethyl adjacent to an activating group) is 2. The summed E-state index contributed by atoms with van der Waals surface area (Å²) in [7, 11) is 4.10. The Balaban J connectivity index is 1.74. The van der Waals surface area contributed by atoms with Crippen LogP contribution in [0.1, 0.15) is 12.2 Å². The molecule has 2 aromatic rings. The SMILES string of the molecule is CN1CC[C@@H](N(C)CCc2nc(-c3ccccc3)nn2CC(F)(F)F)C1. The van der Waals surface area contributed by atoms with Crippen LogP contribution in [0.4, 0.5) is 13.2 Å². The first-order chi connectivity index (χ1) is 12.3. The van der Waals surface area contributed by atoms with Gasteiger partial charge < -0.3 is 9.80 Å². The summed E-state index contributed by atoms with van der Waals surface area (Å²) < 4.78 is 39.7. The molecule has 1 aliphatic rings. The van der Waals surface area contributed by atoms with Gasteiger partial charge in [-0.15, -0.1) is 0 Å². The van der Waals surface area contributed by atoms with Crippen molar-refractivity contribution in [1.29, 1.82) is 0 Å². The van der Waals surface area contributed by atoms with Gasteiger partial charge in [0, 0.05) is 31.1 Å². The van der Waals surface area contributed by atoms with E-state index in [1.807, 2.05) is 25.2 Å². The third-order valence-corrected chi connectivity index (χ3v) is 4.79. The van der Waals surface area contributed by atoms with E-state index in [1.165, 1.54) is 0 Å². The standard InChI is InChI=1S/C18H24F3N5/c1-24-10-8-15(12-24)25(2)11-9-16-22-17(14-6-4-3-5-7-14)23-26(16)13-18(19,20)21/h3-7,15H,8-13H2,1-2H3/t15-/m1/s1. The molecular formula is C18H24F3N5. The number of likely N-dealkylation sites (tertiary alicyclic amines) is 1. The lowest BCUT2D eigenvalue weighted by Crippen LogP contribution is -2.35. The minimum absolute atomic E-state index is 0.341. The topological polar surface area (TPSA) is 37.2 Å². The van der Waals surface area contributed by atoms with E-state index in [-0.39, 0.29) is 0 Å². The second-order valence-electron chi connectivity index (χ2n) is 6.93. The van der Waals surface area contributed by atoms with Crippen molar-refractivity contribution in [3.05, 3.63) is 36.2 Å². The average Bonchev–Trinajstić information content (AvgIpc) is 3.18. The Hall–Kier alpha value is -1.93. The highest BCUT2D eigenvalue weighted by Gasteiger charge is 2.31. The number of hydrogen-bond donors (Lipinski definition) is 0. The van der Waals surface area contributed by atoms with Crippen molar-refractivity contribution in [1.82, 2.24) is 24.6 Å². The van der Waals surface area contributed by atoms with E-state index in [0.29, 0.717) is 30.7 Å². The van der Waals surface area contributed by atoms with Crippen LogP contribution < -0.4 is 0 Å². The number of benzene rings is 1. The van der Waals surface area contributed by atoms with Gasteiger partial charge in [-0.3, -0.25) is 0 Å². The third-order valence-electron chi connectivity index (χ3n) is 4.79. The summed E-state index contributed by atoms with van der Waals surface area (Å²) in [5.74, 6) is 0.715. The first-order valence-electron chi connectivity index (χ1n) is 8.76. The lowest BCUT2D eigenvalue weighted by atomic mass is 10.2. The Morgan fingerprint density at radius 3 is 2.58 bits per heavy atom. The van der Waals surface area contributed by atoms with E-state index in [0.717, 1.165) is 29.8 Å². The molecular weight excluding hydrogens is 343 g/mol. The number of hydrogen-bond acceptors (Lipinski definition) is 4. The Labute approximate surface area is 151 Å². The molecule has 5 nitrogen and oxygen atoms in total. The highest BCUT2D eigenvalue weighted by Crippen LogP contribution is 2.21. The van der Waals surface area contributed by atoms with Crippen LogP contribution in [-0.4, -0.2) is 70.5 Å². The van der Waals surface area contributed by atoms with Gasteiger partial charge in [0.1, 0.15) is 12.4 Å². The van der Waals surface area contributed by atoms with Gasteiger partial charge >= 0.3 is 6.18 Å². The molecule has 1 saturated heterocycles. The summed E-state index contributed by atoms with van der Waals surface area (Å²) >= 11 is 0. The normalized spacial score (nSPS) is 18.8. The van der Waals surface area contributed by atoms with Crippen LogP contribution in [0.25, 0.3) is 11.4 Å². The lowest BCUT2D eigenvalue weighted by Gasteiger charge is -2.23. The average molecular weight is 367 g/mol. The quantitative estimate of drug-likeness (QED) is 0.787. The van der Waals surface area contributed by atoms with Crippen molar-refractivity contribution in [3.8, 4) is 11.4 Å². The van der Waals surface area contributed by atoms with Crippen molar-refractivity contribution in [2.45, 2.75) is 31.6 Å². The molecule has 1 aliphatic heterocycles. The van der Waals surface area contributed by atoms with Crippen LogP contribution in [0.2, 0.25) is 0 Å². The molecule has 0 bridgehead atoms. The highest BCUT2D eigenvalue weighted by atomic mass is 19.4. The molecule has 1 aromatic heterocycles. The number of alkyl halides is 3. The maximum absolute atomic E-state index is 12.9. The second kappa shape index (κ2) is 7.75. The smallest absolute Gasteiger partial charge is 0.305 e. The summed E-state index contributed by atoms with van der Waals surface area (Å²) in [6.07, 6.45) is -2.80. The van der Waals surface area contributed by atoms with Crippen LogP contribution in [0.15, 0.2) is 30.3 Å². The Kier molecular flexibility index (Phi) is 5.62. The summed E-state index contributed by atoms with van der Waals surface area (Å²) in [5, 5.41) is 4.11. The lowest BCUT2D eigenvalue weighted by molar-refractivity contribution is -0.143. The molecule has 3 rings (SSSR count). The zero-order chi connectivity index (χ0) is 18.7. The molecule has 2 heterocycles. The van der Waals surface area contributed by atoms with Gasteiger partial charge in [0.2, 0.25) is 0 Å². The fourth-order valence-corrected chi connectivity index (χ4v) is 3.30. The monoisotopic (exact) mass is 367 g/mol. The van der Waals surface area contributed by atoms with Crippen molar-refractivity contribution in [2.75, 3.05) is 33.7 Å². The first-order valence-corrected chi connectivity index (χ1v) is 8.76. The van der Waals surface area contributed by atoms with Gasteiger partial charge in [0.05, 0.1) is 0 Å². The van der Waals surface area contributed by atoms with Gasteiger partial charge in [0.15, 0.2) is 5.82 Å². The van der Waals surface area contributed by atoms with Gasteiger partial charge in [0.25, 0.3) is 0 Å². The summed E-state index contributed by atoms with van der Waals surface area (Å²) in [4.78, 5) is 8.86. The number of halogens is 3. The molecule has 0 N–H and O–H groups in total. The van der Waals surface area contributed by atoms with Crippen molar-refractivity contribution >= 4 is 0 Å². The molecule has 0 aliphatic carbocycles. The molecule has 0 unspecified atom stereocenters. The molecule has 0 radical (unpaired) electrons. The van der Waals surface area contributed by atoms with Crippen LogP contribution in [0.3, 0.4) is 0 Å². The highest BCUT2D eigenvalue weighted by molar-refractivity contribution is 5.54. The molecule has 8 heteroatoms. The van der Waals surface area contributed by atoms with Crippen LogP contribution in [0, 0.1) is 0 Å². The summed E-state index contributed by atoms with van der Waals surface area (Å²) in [6, 6.07) is 9.54. The molecule has 0 saturated carbocycles. The minimum atomic E-state index is -4.32. The maximum atomic E-state index is 12.9. The Bertz CT molecular complexity index is 713. The summed E-state index contributed by atoms with van der Waals surface area (Å²) in [6.45, 7) is 1.58. The van der Waals surface area contributed by atoms with E-state index < -0.39 is 12.7 Å². The Morgan fingerprint density at radius 2 is 1.96 bits per heavy atom. The van der Waals surface area contributed by atoms with Gasteiger partial charge in [-0.1, -0.05) is 30.3 Å². The van der Waals surface area contributed by atoms with Crippen LogP contribution >= 0.6 is 0 Å². The maximum Gasteiger partial charge on any atom is 0.408 e. The Morgan fingerprint density at radius 1 is 1.23 bits per heavy atom. The van der Waals surface area contributed by atoms with Crippen molar-refractivity contribution in [3.63, 3.8) is 0 Å². The van der Waals surface area contributed by atoms with E-state index in [9.17, 15) is 13.2 Å². The molecule has 142 valence electrons. The largest absolute Gasteiger partial charge is 0.408 e. The molecule has 0 amide bonds. The van der Waals surface area contributed by atoms with Gasteiger partial charge in [-0.25, -0.2) is 9.67 Å². The van der Waals surface area contributed by atoms with Crippen LogP contribution in [-0.2, 0) is 13.0 Å². The van der Waals surface area contributed by atoms with Crippen LogP contribution in [0.5, 0.6) is 0 Å². The van der Waals surface area contributed by atoms with E-state index in [4.69, 9.17) is 0 Å². The van der Waals surface area contributed by atoms with E-state index in [1.54, 1.807) is 12.1 Å². The fraction of sp³-hybridized carbons (Fsp3) is 0.556. The molecule has 26 heavy (non-hydrogen) atoms. The molecule has 1 atom stereocenters. The zero-order valence-electron chi connectivity index (χ0n) is 15.1. The third kappa shape index (κ3) is 4.82. The molecule has 1 aromatic carbocycles. The second-order valence-corrected chi connectivity index (χ2v) is 6.93. The van der Waals surface area contributed by atoms with Crippen molar-refractivity contribution < 1.29 is 13.2 Å². The number of rotatable bonds is 6. The fourth-order valence-electron chi connectivity index (χ4n) is 3.30. The predicted molar refractivity (Wildman–Crippen MR) is 93.7 cm³/mol. The van der Waals surface area contributed by atoms with E-state index >= 15 is 0 Å². The first kappa shape index (κ1) is 18.8. The number of nitrogens with zero attached hydrogens (tertiary/aromatic N) is 5. The molecule has 0 spiro atoms. The minimum Gasteiger partial charge on any atom is -0.305 e. The van der Waals surface area contributed by atoms with E-state index in [2.05, 4.69) is 26.9 Å². The van der Waals surface area contributed by atoms with Gasteiger partial charge in [-0.05, 0) is 27.1 Å².